The highest BCUT2D eigenvalue weighted by Gasteiger charge is 2.15. The number of benzene rings is 2. The number of rotatable bonds is 7. The first-order valence-electron chi connectivity index (χ1n) is 7.84. The summed E-state index contributed by atoms with van der Waals surface area (Å²) in [4.78, 5) is 12.0. The summed E-state index contributed by atoms with van der Waals surface area (Å²) in [7, 11) is 0. The molecular formula is C19H21ClN2O2. The normalized spacial score (nSPS) is 12.1. The van der Waals surface area contributed by atoms with E-state index in [2.05, 4.69) is 22.7 Å². The number of aryl methyl sites for hydroxylation is 2. The van der Waals surface area contributed by atoms with E-state index < -0.39 is 6.10 Å². The number of ether oxygens (including phenoxy) is 1. The lowest BCUT2D eigenvalue weighted by Crippen LogP contribution is -2.33. The molecule has 0 aliphatic rings. The summed E-state index contributed by atoms with van der Waals surface area (Å²) < 4.78 is 5.64. The van der Waals surface area contributed by atoms with Gasteiger partial charge in [-0.1, -0.05) is 41.9 Å². The van der Waals surface area contributed by atoms with Crippen LogP contribution in [0.5, 0.6) is 5.75 Å². The van der Waals surface area contributed by atoms with Crippen LogP contribution in [0.3, 0.4) is 0 Å². The van der Waals surface area contributed by atoms with E-state index in [9.17, 15) is 4.79 Å². The molecule has 1 N–H and O–H groups in total. The predicted molar refractivity (Wildman–Crippen MR) is 97.7 cm³/mol. The van der Waals surface area contributed by atoms with Gasteiger partial charge in [0.15, 0.2) is 6.10 Å². The Labute approximate surface area is 147 Å². The number of carbonyl (C=O) groups excluding carboxylic acids is 1. The van der Waals surface area contributed by atoms with Crippen LogP contribution in [-0.2, 0) is 11.2 Å². The predicted octanol–water partition coefficient (Wildman–Crippen LogP) is 4.15. The van der Waals surface area contributed by atoms with Gasteiger partial charge in [-0.2, -0.15) is 5.10 Å². The molecule has 0 aromatic heterocycles. The molecule has 0 aliphatic heterocycles. The van der Waals surface area contributed by atoms with Gasteiger partial charge >= 0.3 is 0 Å². The van der Waals surface area contributed by atoms with E-state index in [4.69, 9.17) is 16.3 Å². The largest absolute Gasteiger partial charge is 0.481 e. The summed E-state index contributed by atoms with van der Waals surface area (Å²) in [6.45, 7) is 3.57. The summed E-state index contributed by atoms with van der Waals surface area (Å²) in [6, 6.07) is 15.4. The fourth-order valence-electron chi connectivity index (χ4n) is 2.13. The highest BCUT2D eigenvalue weighted by Crippen LogP contribution is 2.22. The van der Waals surface area contributed by atoms with E-state index in [1.54, 1.807) is 31.3 Å². The van der Waals surface area contributed by atoms with Crippen LogP contribution >= 0.6 is 11.6 Å². The average molecular weight is 345 g/mol. The van der Waals surface area contributed by atoms with E-state index in [1.807, 2.05) is 25.1 Å². The summed E-state index contributed by atoms with van der Waals surface area (Å²) in [5.74, 6) is 0.343. The smallest absolute Gasteiger partial charge is 0.280 e. The van der Waals surface area contributed by atoms with Gasteiger partial charge in [-0.05, 0) is 56.0 Å². The summed E-state index contributed by atoms with van der Waals surface area (Å²) >= 11 is 5.90. The van der Waals surface area contributed by atoms with Crippen LogP contribution in [0.4, 0.5) is 0 Å². The number of hydrogen-bond donors (Lipinski definition) is 1. The maximum Gasteiger partial charge on any atom is 0.280 e. The number of hydrazone groups is 1. The van der Waals surface area contributed by atoms with Crippen molar-refractivity contribution in [2.24, 2.45) is 5.10 Å². The lowest BCUT2D eigenvalue weighted by atomic mass is 10.1. The molecule has 2 aromatic rings. The molecule has 24 heavy (non-hydrogen) atoms. The van der Waals surface area contributed by atoms with Crippen LogP contribution in [0.2, 0.25) is 5.02 Å². The number of nitrogens with one attached hydrogen (secondary N) is 1. The zero-order valence-corrected chi connectivity index (χ0v) is 14.6. The molecule has 126 valence electrons. The molecule has 5 heteroatoms. The van der Waals surface area contributed by atoms with Crippen molar-refractivity contribution in [3.8, 4) is 5.75 Å². The molecule has 4 nitrogen and oxygen atoms in total. The Hall–Kier alpha value is -2.33. The Balaban J connectivity index is 1.76. The molecule has 0 spiro atoms. The van der Waals surface area contributed by atoms with Gasteiger partial charge in [0.2, 0.25) is 0 Å². The van der Waals surface area contributed by atoms with Crippen LogP contribution in [0.15, 0.2) is 53.6 Å². The van der Waals surface area contributed by atoms with Crippen molar-refractivity contribution in [1.29, 1.82) is 0 Å². The Morgan fingerprint density at radius 1 is 1.29 bits per heavy atom. The molecule has 2 aromatic carbocycles. The van der Waals surface area contributed by atoms with Gasteiger partial charge in [-0.15, -0.1) is 0 Å². The summed E-state index contributed by atoms with van der Waals surface area (Å²) in [6.07, 6.45) is 2.70. The minimum Gasteiger partial charge on any atom is -0.481 e. The van der Waals surface area contributed by atoms with Gasteiger partial charge in [0.1, 0.15) is 5.75 Å². The van der Waals surface area contributed by atoms with Gasteiger partial charge in [0.05, 0.1) is 0 Å². The Morgan fingerprint density at radius 3 is 2.75 bits per heavy atom. The Bertz CT molecular complexity index is 702. The third-order valence-electron chi connectivity index (χ3n) is 3.48. The molecule has 0 fully saturated rings. The maximum absolute atomic E-state index is 12.0. The lowest BCUT2D eigenvalue weighted by molar-refractivity contribution is -0.127. The van der Waals surface area contributed by atoms with E-state index in [0.29, 0.717) is 10.8 Å². The van der Waals surface area contributed by atoms with E-state index in [0.717, 1.165) is 18.4 Å². The standard InChI is InChI=1S/C19H21ClN2O2/c1-14-13-17(20)10-11-18(14)24-15(2)19(23)22-21-12-6-9-16-7-4-3-5-8-16/h3-5,7-8,10-13,15H,6,9H2,1-2H3,(H,22,23)/b21-12+. The van der Waals surface area contributed by atoms with Crippen molar-refractivity contribution >= 4 is 23.7 Å². The highest BCUT2D eigenvalue weighted by molar-refractivity contribution is 6.30. The van der Waals surface area contributed by atoms with E-state index in [-0.39, 0.29) is 5.91 Å². The molecule has 0 saturated carbocycles. The second-order valence-corrected chi connectivity index (χ2v) is 5.92. The molecule has 1 atom stereocenters. The van der Waals surface area contributed by atoms with Crippen molar-refractivity contribution in [3.63, 3.8) is 0 Å². The number of amides is 1. The van der Waals surface area contributed by atoms with E-state index >= 15 is 0 Å². The first kappa shape index (κ1) is 18.0. The minimum absolute atomic E-state index is 0.291. The van der Waals surface area contributed by atoms with Crippen LogP contribution in [0, 0.1) is 6.92 Å². The van der Waals surface area contributed by atoms with Crippen molar-refractivity contribution in [1.82, 2.24) is 5.43 Å². The number of halogens is 1. The SMILES string of the molecule is Cc1cc(Cl)ccc1OC(C)C(=O)N/N=C/CCc1ccccc1. The van der Waals surface area contributed by atoms with Gasteiger partial charge in [-0.3, -0.25) is 4.79 Å². The third kappa shape index (κ3) is 5.70. The quantitative estimate of drug-likeness (QED) is 0.606. The van der Waals surface area contributed by atoms with Crippen molar-refractivity contribution in [2.45, 2.75) is 32.8 Å². The van der Waals surface area contributed by atoms with Crippen molar-refractivity contribution < 1.29 is 9.53 Å². The van der Waals surface area contributed by atoms with Crippen LogP contribution in [-0.4, -0.2) is 18.2 Å². The highest BCUT2D eigenvalue weighted by atomic mass is 35.5. The molecular weight excluding hydrogens is 324 g/mol. The number of hydrogen-bond acceptors (Lipinski definition) is 3. The van der Waals surface area contributed by atoms with Crippen molar-refractivity contribution in [3.05, 3.63) is 64.7 Å². The third-order valence-corrected chi connectivity index (χ3v) is 3.72. The second-order valence-electron chi connectivity index (χ2n) is 5.48. The average Bonchev–Trinajstić information content (AvgIpc) is 2.57. The summed E-state index contributed by atoms with van der Waals surface area (Å²) in [5, 5.41) is 4.60. The van der Waals surface area contributed by atoms with Crippen LogP contribution in [0.1, 0.15) is 24.5 Å². The zero-order chi connectivity index (χ0) is 17.4. The summed E-state index contributed by atoms with van der Waals surface area (Å²) in [5.41, 5.74) is 4.62. The number of nitrogens with zero attached hydrogens (tertiary/aromatic N) is 1. The van der Waals surface area contributed by atoms with Gasteiger partial charge in [0.25, 0.3) is 5.91 Å². The van der Waals surface area contributed by atoms with Gasteiger partial charge in [-0.25, -0.2) is 5.43 Å². The number of carbonyl (C=O) groups is 1. The van der Waals surface area contributed by atoms with Gasteiger partial charge < -0.3 is 4.74 Å². The fourth-order valence-corrected chi connectivity index (χ4v) is 2.36. The topological polar surface area (TPSA) is 50.7 Å². The first-order valence-corrected chi connectivity index (χ1v) is 8.22. The molecule has 0 bridgehead atoms. The van der Waals surface area contributed by atoms with E-state index in [1.165, 1.54) is 5.56 Å². The monoisotopic (exact) mass is 344 g/mol. The Kier molecular flexibility index (Phi) is 6.82. The molecule has 1 unspecified atom stereocenters. The van der Waals surface area contributed by atoms with Crippen LogP contribution < -0.4 is 10.2 Å². The molecule has 0 radical (unpaired) electrons. The maximum atomic E-state index is 12.0. The van der Waals surface area contributed by atoms with Crippen LogP contribution in [0.25, 0.3) is 0 Å². The molecule has 0 heterocycles. The Morgan fingerprint density at radius 2 is 2.04 bits per heavy atom. The zero-order valence-electron chi connectivity index (χ0n) is 13.8. The first-order chi connectivity index (χ1) is 11.6. The second kappa shape index (κ2) is 9.08. The molecule has 1 amide bonds. The lowest BCUT2D eigenvalue weighted by Gasteiger charge is -2.14. The van der Waals surface area contributed by atoms with Gasteiger partial charge in [0, 0.05) is 11.2 Å². The fraction of sp³-hybridized carbons (Fsp3) is 0.263. The molecule has 0 aliphatic carbocycles. The van der Waals surface area contributed by atoms with Crippen molar-refractivity contribution in [2.75, 3.05) is 0 Å². The molecule has 0 saturated heterocycles. The minimum atomic E-state index is -0.642. The molecule has 2 rings (SSSR count).